The molecular weight excluding hydrogens is 580 g/mol. The van der Waals surface area contributed by atoms with Gasteiger partial charge in [-0.3, -0.25) is 4.90 Å². The Kier molecular flexibility index (Phi) is 8.97. The molecule has 3 aromatic carbocycles. The maximum atomic E-state index is 11.5. The standard InChI is InChI=1S/C34H38N2O9/c1-20-26-18-25(44-34-31(40)29(38)30(39)32(45-34)33(41)42)12-13-27(26)36(28(20)22-6-8-23(37)9-7-22)19-21-4-10-24(11-5-21)43-17-16-35-14-2-3-15-35/h4-13,18,29-32,34,37-40H,2-3,14-17,19H2,1H3,(H,41,42). The van der Waals surface area contributed by atoms with Crippen molar-refractivity contribution in [1.29, 1.82) is 0 Å². The molecule has 5 N–H and O–H groups in total. The Balaban J connectivity index is 1.27. The molecule has 2 aliphatic rings. The smallest absolute Gasteiger partial charge is 0.335 e. The maximum Gasteiger partial charge on any atom is 0.335 e. The fourth-order valence-corrected chi connectivity index (χ4v) is 6.19. The van der Waals surface area contributed by atoms with Crippen LogP contribution in [0.5, 0.6) is 17.2 Å². The third-order valence-electron chi connectivity index (χ3n) is 8.63. The van der Waals surface area contributed by atoms with Crippen LogP contribution in [0.25, 0.3) is 22.2 Å². The van der Waals surface area contributed by atoms with Crippen molar-refractivity contribution in [3.63, 3.8) is 0 Å². The minimum Gasteiger partial charge on any atom is -0.508 e. The number of carboxylic acids is 1. The number of carbonyl (C=O) groups is 1. The molecule has 0 bridgehead atoms. The summed E-state index contributed by atoms with van der Waals surface area (Å²) in [7, 11) is 0. The topological polar surface area (TPSA) is 154 Å². The van der Waals surface area contributed by atoms with Gasteiger partial charge in [0.2, 0.25) is 6.29 Å². The van der Waals surface area contributed by atoms with E-state index in [0.29, 0.717) is 13.2 Å². The van der Waals surface area contributed by atoms with Gasteiger partial charge in [0.25, 0.3) is 0 Å². The number of carboxylic acid groups (broad SMARTS) is 1. The molecule has 0 amide bonds. The van der Waals surface area contributed by atoms with Gasteiger partial charge in [0.15, 0.2) is 6.10 Å². The largest absolute Gasteiger partial charge is 0.508 e. The van der Waals surface area contributed by atoms with Gasteiger partial charge in [-0.1, -0.05) is 12.1 Å². The van der Waals surface area contributed by atoms with Crippen molar-refractivity contribution in [2.75, 3.05) is 26.2 Å². The number of aliphatic hydroxyl groups is 3. The zero-order valence-electron chi connectivity index (χ0n) is 25.0. The van der Waals surface area contributed by atoms with Crippen LogP contribution in [0, 0.1) is 6.92 Å². The second-order valence-corrected chi connectivity index (χ2v) is 11.7. The number of aromatic nitrogens is 1. The summed E-state index contributed by atoms with van der Waals surface area (Å²) in [6.45, 7) is 6.37. The number of benzene rings is 3. The third-order valence-corrected chi connectivity index (χ3v) is 8.63. The molecule has 2 fully saturated rings. The molecule has 45 heavy (non-hydrogen) atoms. The van der Waals surface area contributed by atoms with E-state index in [1.807, 2.05) is 49.4 Å². The molecule has 0 radical (unpaired) electrons. The Bertz CT molecular complexity index is 1630. The van der Waals surface area contributed by atoms with Crippen molar-refractivity contribution in [1.82, 2.24) is 9.47 Å². The first-order chi connectivity index (χ1) is 21.7. The van der Waals surface area contributed by atoms with Gasteiger partial charge in [0.1, 0.15) is 42.2 Å². The van der Waals surface area contributed by atoms with Gasteiger partial charge >= 0.3 is 5.97 Å². The normalized spacial score (nSPS) is 23.8. The number of aliphatic carboxylic acids is 1. The lowest BCUT2D eigenvalue weighted by Gasteiger charge is -2.38. The Hall–Kier alpha value is -4.13. The lowest BCUT2D eigenvalue weighted by molar-refractivity contribution is -0.271. The van der Waals surface area contributed by atoms with Crippen LogP contribution in [0.2, 0.25) is 0 Å². The molecule has 2 aliphatic heterocycles. The first-order valence-corrected chi connectivity index (χ1v) is 15.1. The molecule has 3 heterocycles. The summed E-state index contributed by atoms with van der Waals surface area (Å²) in [6, 6.07) is 20.4. The highest BCUT2D eigenvalue weighted by atomic mass is 16.7. The number of hydrogen-bond donors (Lipinski definition) is 5. The van der Waals surface area contributed by atoms with E-state index in [1.165, 1.54) is 12.8 Å². The lowest BCUT2D eigenvalue weighted by Crippen LogP contribution is -2.61. The minimum absolute atomic E-state index is 0.160. The predicted octanol–water partition coefficient (Wildman–Crippen LogP) is 3.12. The maximum absolute atomic E-state index is 11.5. The summed E-state index contributed by atoms with van der Waals surface area (Å²) in [4.78, 5) is 14.0. The van der Waals surface area contributed by atoms with Crippen molar-refractivity contribution >= 4 is 16.9 Å². The second kappa shape index (κ2) is 13.1. The number of phenolic OH excluding ortho intramolecular Hbond substituents is 1. The molecular formula is C34H38N2O9. The highest BCUT2D eigenvalue weighted by Gasteiger charge is 2.48. The Labute approximate surface area is 260 Å². The van der Waals surface area contributed by atoms with Crippen LogP contribution in [-0.4, -0.2) is 97.9 Å². The first kappa shape index (κ1) is 30.9. The van der Waals surface area contributed by atoms with E-state index >= 15 is 0 Å². The molecule has 1 aromatic heterocycles. The summed E-state index contributed by atoms with van der Waals surface area (Å²) in [5.74, 6) is -0.215. The van der Waals surface area contributed by atoms with Crippen molar-refractivity contribution < 1.29 is 44.5 Å². The van der Waals surface area contributed by atoms with Crippen molar-refractivity contribution in [3.8, 4) is 28.5 Å². The lowest BCUT2D eigenvalue weighted by atomic mass is 9.99. The number of nitrogens with zero attached hydrogens (tertiary/aromatic N) is 2. The number of fused-ring (bicyclic) bond motifs is 1. The molecule has 238 valence electrons. The summed E-state index contributed by atoms with van der Waals surface area (Å²) in [5.41, 5.74) is 4.74. The SMILES string of the molecule is Cc1c(-c2ccc(O)cc2)n(Cc2ccc(OCCN3CCCC3)cc2)c2ccc(OC3OC(C(=O)O)C(O)C(O)C3O)cc12. The van der Waals surface area contributed by atoms with E-state index in [4.69, 9.17) is 14.2 Å². The van der Waals surface area contributed by atoms with Crippen LogP contribution < -0.4 is 9.47 Å². The van der Waals surface area contributed by atoms with Crippen molar-refractivity contribution in [2.24, 2.45) is 0 Å². The van der Waals surface area contributed by atoms with Crippen LogP contribution in [-0.2, 0) is 16.1 Å². The Morgan fingerprint density at radius 1 is 0.911 bits per heavy atom. The molecule has 4 aromatic rings. The summed E-state index contributed by atoms with van der Waals surface area (Å²) in [5, 5.41) is 50.8. The van der Waals surface area contributed by atoms with Crippen molar-refractivity contribution in [3.05, 3.63) is 77.9 Å². The number of rotatable bonds is 10. The van der Waals surface area contributed by atoms with Gasteiger partial charge in [-0.05, 0) is 104 Å². The zero-order chi connectivity index (χ0) is 31.7. The van der Waals surface area contributed by atoms with E-state index in [0.717, 1.165) is 58.7 Å². The second-order valence-electron chi connectivity index (χ2n) is 11.7. The van der Waals surface area contributed by atoms with Gasteiger partial charge in [-0.2, -0.15) is 0 Å². The number of aryl methyl sites for hydroxylation is 1. The average molecular weight is 619 g/mol. The molecule has 11 heteroatoms. The van der Waals surface area contributed by atoms with E-state index in [1.54, 1.807) is 24.3 Å². The molecule has 5 atom stereocenters. The Morgan fingerprint density at radius 3 is 2.29 bits per heavy atom. The minimum atomic E-state index is -1.81. The van der Waals surface area contributed by atoms with Crippen molar-refractivity contribution in [2.45, 2.75) is 57.0 Å². The van der Waals surface area contributed by atoms with E-state index in [-0.39, 0.29) is 11.5 Å². The first-order valence-electron chi connectivity index (χ1n) is 15.1. The van der Waals surface area contributed by atoms with Crippen LogP contribution in [0.3, 0.4) is 0 Å². The summed E-state index contributed by atoms with van der Waals surface area (Å²) < 4.78 is 19.3. The van der Waals surface area contributed by atoms with Crippen LogP contribution in [0.15, 0.2) is 66.7 Å². The molecule has 0 saturated carbocycles. The number of phenols is 1. The summed E-state index contributed by atoms with van der Waals surface area (Å²) >= 11 is 0. The zero-order valence-corrected chi connectivity index (χ0v) is 25.0. The molecule has 5 unspecified atom stereocenters. The third kappa shape index (κ3) is 6.49. The Morgan fingerprint density at radius 2 is 1.60 bits per heavy atom. The highest BCUT2D eigenvalue weighted by molar-refractivity contribution is 5.92. The number of ether oxygens (including phenoxy) is 3. The summed E-state index contributed by atoms with van der Waals surface area (Å²) in [6.07, 6.45) is -6.01. The molecule has 2 saturated heterocycles. The van der Waals surface area contributed by atoms with Gasteiger partial charge in [-0.25, -0.2) is 4.79 Å². The van der Waals surface area contributed by atoms with Gasteiger partial charge in [0, 0.05) is 24.0 Å². The van der Waals surface area contributed by atoms with Crippen LogP contribution >= 0.6 is 0 Å². The molecule has 11 nitrogen and oxygen atoms in total. The number of aromatic hydroxyl groups is 1. The molecule has 0 spiro atoms. The number of aliphatic hydroxyl groups excluding tert-OH is 3. The average Bonchev–Trinajstić information content (AvgIpc) is 3.65. The quantitative estimate of drug-likeness (QED) is 0.179. The fourth-order valence-electron chi connectivity index (χ4n) is 6.19. The fraction of sp³-hybridized carbons (Fsp3) is 0.382. The molecule has 6 rings (SSSR count). The van der Waals surface area contributed by atoms with E-state index < -0.39 is 36.7 Å². The predicted molar refractivity (Wildman–Crippen MR) is 165 cm³/mol. The van der Waals surface area contributed by atoms with Gasteiger partial charge in [-0.15, -0.1) is 0 Å². The van der Waals surface area contributed by atoms with Gasteiger partial charge < -0.3 is 44.3 Å². The number of hydrogen-bond acceptors (Lipinski definition) is 9. The number of likely N-dealkylation sites (tertiary alicyclic amines) is 1. The van der Waals surface area contributed by atoms with Crippen LogP contribution in [0.4, 0.5) is 0 Å². The van der Waals surface area contributed by atoms with Crippen LogP contribution in [0.1, 0.15) is 24.0 Å². The van der Waals surface area contributed by atoms with E-state index in [9.17, 15) is 30.3 Å². The monoisotopic (exact) mass is 618 g/mol. The molecule has 0 aliphatic carbocycles. The van der Waals surface area contributed by atoms with E-state index in [2.05, 4.69) is 9.47 Å². The van der Waals surface area contributed by atoms with Gasteiger partial charge in [0.05, 0.1) is 5.69 Å². The highest BCUT2D eigenvalue weighted by Crippen LogP contribution is 2.37.